The van der Waals surface area contributed by atoms with Crippen LogP contribution in [0.4, 0.5) is 0 Å². The van der Waals surface area contributed by atoms with Crippen LogP contribution in [0.25, 0.3) is 0 Å². The molecule has 0 heterocycles. The molecule has 7 N–H and O–H groups in total. The van der Waals surface area contributed by atoms with Crippen molar-refractivity contribution in [2.75, 3.05) is 46.1 Å². The summed E-state index contributed by atoms with van der Waals surface area (Å²) in [6, 6.07) is 0. The van der Waals surface area contributed by atoms with Gasteiger partial charge in [0, 0.05) is 39.5 Å². The minimum absolute atomic E-state index is 0.0202. The van der Waals surface area contributed by atoms with Crippen molar-refractivity contribution in [2.45, 2.75) is 31.8 Å². The number of hydrogen-bond donors (Lipinski definition) is 4. The van der Waals surface area contributed by atoms with Gasteiger partial charge in [0.25, 0.3) is 0 Å². The molecule has 110 valence electrons. The van der Waals surface area contributed by atoms with Gasteiger partial charge in [0.05, 0.1) is 6.17 Å². The van der Waals surface area contributed by atoms with Gasteiger partial charge < -0.3 is 32.0 Å². The summed E-state index contributed by atoms with van der Waals surface area (Å²) in [5, 5.41) is 3.11. The first-order chi connectivity index (χ1) is 8.81. The fourth-order valence-electron chi connectivity index (χ4n) is 1.38. The normalized spacial score (nSPS) is 12.8. The van der Waals surface area contributed by atoms with E-state index in [1.54, 1.807) is 0 Å². The van der Waals surface area contributed by atoms with Crippen LogP contribution in [0.2, 0.25) is 0 Å². The van der Waals surface area contributed by atoms with Crippen LogP contribution >= 0.6 is 0 Å². The van der Waals surface area contributed by atoms with E-state index >= 15 is 0 Å². The topological polar surface area (TPSA) is 109 Å². The van der Waals surface area contributed by atoms with Gasteiger partial charge in [-0.3, -0.25) is 0 Å². The Balaban J connectivity index is 3.02. The Bertz CT molecular complexity index is 161. The van der Waals surface area contributed by atoms with E-state index in [2.05, 4.69) is 5.32 Å². The highest BCUT2D eigenvalue weighted by Gasteiger charge is 1.99. The molecule has 1 unspecified atom stereocenters. The number of unbranched alkanes of at least 4 members (excludes halogenated alkanes) is 1. The maximum atomic E-state index is 5.79. The first-order valence-corrected chi connectivity index (χ1v) is 6.86. The number of hydrogen-bond acceptors (Lipinski definition) is 6. The molecule has 0 saturated heterocycles. The zero-order valence-electron chi connectivity index (χ0n) is 11.4. The van der Waals surface area contributed by atoms with Crippen molar-refractivity contribution >= 4 is 0 Å². The predicted molar refractivity (Wildman–Crippen MR) is 74.2 cm³/mol. The quantitative estimate of drug-likeness (QED) is 0.245. The molecule has 0 aliphatic carbocycles. The molecule has 18 heavy (non-hydrogen) atoms. The van der Waals surface area contributed by atoms with E-state index in [1.807, 2.05) is 0 Å². The first-order valence-electron chi connectivity index (χ1n) is 6.86. The molecule has 0 aromatic heterocycles. The molecule has 0 bridgehead atoms. The summed E-state index contributed by atoms with van der Waals surface area (Å²) in [6.07, 6.45) is 3.78. The van der Waals surface area contributed by atoms with Crippen molar-refractivity contribution in [3.63, 3.8) is 0 Å². The summed E-state index contributed by atoms with van der Waals surface area (Å²) in [4.78, 5) is 0. The summed E-state index contributed by atoms with van der Waals surface area (Å²) in [5.41, 5.74) is 16.5. The van der Waals surface area contributed by atoms with Gasteiger partial charge in [0.1, 0.15) is 0 Å². The standard InChI is InChI=1S/C12H30N4O2/c13-5-3-10-17-8-1-2-9-18-11-4-12(15)16-7-6-14/h12,16H,1-11,13-15H2. The molecule has 0 fully saturated rings. The van der Waals surface area contributed by atoms with Gasteiger partial charge in [0.2, 0.25) is 0 Å². The maximum absolute atomic E-state index is 5.79. The highest BCUT2D eigenvalue weighted by molar-refractivity contribution is 4.58. The van der Waals surface area contributed by atoms with E-state index in [1.165, 1.54) is 0 Å². The zero-order chi connectivity index (χ0) is 13.5. The second-order valence-corrected chi connectivity index (χ2v) is 4.21. The molecule has 6 heteroatoms. The third-order valence-corrected chi connectivity index (χ3v) is 2.44. The van der Waals surface area contributed by atoms with E-state index in [4.69, 9.17) is 26.7 Å². The van der Waals surface area contributed by atoms with Crippen LogP contribution in [0.1, 0.15) is 25.7 Å². The third kappa shape index (κ3) is 13.8. The van der Waals surface area contributed by atoms with Crippen molar-refractivity contribution in [2.24, 2.45) is 17.2 Å². The van der Waals surface area contributed by atoms with Gasteiger partial charge in [-0.1, -0.05) is 0 Å². The Hall–Kier alpha value is -0.240. The van der Waals surface area contributed by atoms with Crippen LogP contribution in [0.15, 0.2) is 0 Å². The average molecular weight is 262 g/mol. The zero-order valence-corrected chi connectivity index (χ0v) is 11.4. The van der Waals surface area contributed by atoms with Crippen LogP contribution in [0.3, 0.4) is 0 Å². The summed E-state index contributed by atoms with van der Waals surface area (Å²) in [7, 11) is 0. The van der Waals surface area contributed by atoms with Crippen molar-refractivity contribution in [3.8, 4) is 0 Å². The molecule has 0 aromatic carbocycles. The molecule has 0 spiro atoms. The fraction of sp³-hybridized carbons (Fsp3) is 1.00. The van der Waals surface area contributed by atoms with Gasteiger partial charge in [-0.2, -0.15) is 0 Å². The highest BCUT2D eigenvalue weighted by Crippen LogP contribution is 1.94. The van der Waals surface area contributed by atoms with E-state index in [-0.39, 0.29) is 6.17 Å². The third-order valence-electron chi connectivity index (χ3n) is 2.44. The van der Waals surface area contributed by atoms with Crippen molar-refractivity contribution in [3.05, 3.63) is 0 Å². The molecule has 0 amide bonds. The maximum Gasteiger partial charge on any atom is 0.0568 e. The minimum atomic E-state index is -0.0202. The van der Waals surface area contributed by atoms with Gasteiger partial charge in [-0.05, 0) is 32.2 Å². The second kappa shape index (κ2) is 14.8. The fourth-order valence-corrected chi connectivity index (χ4v) is 1.38. The lowest BCUT2D eigenvalue weighted by molar-refractivity contribution is 0.0981. The number of rotatable bonds is 14. The molecule has 1 atom stereocenters. The van der Waals surface area contributed by atoms with E-state index in [0.29, 0.717) is 19.7 Å². The smallest absolute Gasteiger partial charge is 0.0568 e. The van der Waals surface area contributed by atoms with Crippen molar-refractivity contribution < 1.29 is 9.47 Å². The summed E-state index contributed by atoms with van der Waals surface area (Å²) < 4.78 is 10.9. The monoisotopic (exact) mass is 262 g/mol. The van der Waals surface area contributed by atoms with Crippen LogP contribution in [-0.4, -0.2) is 52.2 Å². The number of nitrogens with one attached hydrogen (secondary N) is 1. The van der Waals surface area contributed by atoms with Crippen LogP contribution in [0, 0.1) is 0 Å². The summed E-state index contributed by atoms with van der Waals surface area (Å²) >= 11 is 0. The molecular weight excluding hydrogens is 232 g/mol. The Morgan fingerprint density at radius 2 is 1.44 bits per heavy atom. The van der Waals surface area contributed by atoms with Gasteiger partial charge in [-0.15, -0.1) is 0 Å². The van der Waals surface area contributed by atoms with E-state index in [9.17, 15) is 0 Å². The molecule has 0 aliphatic rings. The minimum Gasteiger partial charge on any atom is -0.381 e. The molecule has 0 rings (SSSR count). The van der Waals surface area contributed by atoms with Gasteiger partial charge >= 0.3 is 0 Å². The molecule has 0 aromatic rings. The molecule has 0 aliphatic heterocycles. The van der Waals surface area contributed by atoms with Gasteiger partial charge in [0.15, 0.2) is 0 Å². The molecule has 0 radical (unpaired) electrons. The van der Waals surface area contributed by atoms with E-state index < -0.39 is 0 Å². The highest BCUT2D eigenvalue weighted by atomic mass is 16.5. The number of nitrogens with two attached hydrogens (primary N) is 3. The Kier molecular flexibility index (Phi) is 14.6. The van der Waals surface area contributed by atoms with Crippen molar-refractivity contribution in [1.29, 1.82) is 0 Å². The molecular formula is C12H30N4O2. The lowest BCUT2D eigenvalue weighted by Gasteiger charge is -2.13. The van der Waals surface area contributed by atoms with Crippen LogP contribution < -0.4 is 22.5 Å². The van der Waals surface area contributed by atoms with Crippen LogP contribution in [0.5, 0.6) is 0 Å². The second-order valence-electron chi connectivity index (χ2n) is 4.21. The Morgan fingerprint density at radius 3 is 2.06 bits per heavy atom. The summed E-state index contributed by atoms with van der Waals surface area (Å²) in [6.45, 7) is 5.07. The van der Waals surface area contributed by atoms with Gasteiger partial charge in [-0.25, -0.2) is 0 Å². The average Bonchev–Trinajstić information content (AvgIpc) is 2.38. The Morgan fingerprint density at radius 1 is 0.833 bits per heavy atom. The largest absolute Gasteiger partial charge is 0.381 e. The predicted octanol–water partition coefficient (Wildman–Crippen LogP) is -0.628. The van der Waals surface area contributed by atoms with Crippen LogP contribution in [-0.2, 0) is 9.47 Å². The summed E-state index contributed by atoms with van der Waals surface area (Å²) in [5.74, 6) is 0. The number of ether oxygens (including phenoxy) is 2. The lowest BCUT2D eigenvalue weighted by Crippen LogP contribution is -2.40. The lowest BCUT2D eigenvalue weighted by atomic mass is 10.3. The van der Waals surface area contributed by atoms with Crippen molar-refractivity contribution in [1.82, 2.24) is 5.32 Å². The molecule has 0 saturated carbocycles. The SMILES string of the molecule is NCCCOCCCCOCCC(N)NCCN. The molecule has 6 nitrogen and oxygen atoms in total. The van der Waals surface area contributed by atoms with E-state index in [0.717, 1.165) is 52.0 Å². The first kappa shape index (κ1) is 17.8. The Labute approximate surface area is 111 Å².